The lowest BCUT2D eigenvalue weighted by molar-refractivity contribution is 0.415. The minimum Gasteiger partial charge on any atom is -0.497 e. The van der Waals surface area contributed by atoms with Gasteiger partial charge in [0.15, 0.2) is 5.43 Å². The molecule has 2 aromatic carbocycles. The van der Waals surface area contributed by atoms with Crippen LogP contribution in [0.25, 0.3) is 11.0 Å². The van der Waals surface area contributed by atoms with Gasteiger partial charge in [-0.3, -0.25) is 4.79 Å². The third-order valence-corrected chi connectivity index (χ3v) is 2.99. The van der Waals surface area contributed by atoms with Gasteiger partial charge >= 0.3 is 0 Å². The predicted molar refractivity (Wildman–Crippen MR) is 78.8 cm³/mol. The molecule has 100 valence electrons. The van der Waals surface area contributed by atoms with Crippen molar-refractivity contribution in [1.29, 1.82) is 0 Å². The first-order valence-electron chi connectivity index (χ1n) is 6.20. The Morgan fingerprint density at radius 1 is 1.05 bits per heavy atom. The molecule has 0 aliphatic carbocycles. The van der Waals surface area contributed by atoms with Gasteiger partial charge in [-0.05, 0) is 36.4 Å². The third-order valence-electron chi connectivity index (χ3n) is 2.99. The Balaban J connectivity index is 1.96. The van der Waals surface area contributed by atoms with Gasteiger partial charge in [-0.15, -0.1) is 0 Å². The van der Waals surface area contributed by atoms with Gasteiger partial charge in [-0.1, -0.05) is 12.1 Å². The van der Waals surface area contributed by atoms with Gasteiger partial charge in [0.25, 0.3) is 0 Å². The van der Waals surface area contributed by atoms with E-state index in [0.29, 0.717) is 16.9 Å². The summed E-state index contributed by atoms with van der Waals surface area (Å²) in [4.78, 5) is 12.0. The Kier molecular flexibility index (Phi) is 3.13. The molecular formula is C16H13NO3. The van der Waals surface area contributed by atoms with Crippen LogP contribution in [0.1, 0.15) is 0 Å². The number of fused-ring (bicyclic) bond motifs is 1. The Bertz CT molecular complexity index is 791. The van der Waals surface area contributed by atoms with E-state index < -0.39 is 0 Å². The minimum absolute atomic E-state index is 0.0668. The summed E-state index contributed by atoms with van der Waals surface area (Å²) in [6.07, 6.45) is 0. The second kappa shape index (κ2) is 5.09. The van der Waals surface area contributed by atoms with Crippen molar-refractivity contribution in [2.24, 2.45) is 0 Å². The first kappa shape index (κ1) is 12.3. The zero-order valence-electron chi connectivity index (χ0n) is 10.9. The molecule has 0 saturated heterocycles. The summed E-state index contributed by atoms with van der Waals surface area (Å²) in [5.41, 5.74) is 1.32. The van der Waals surface area contributed by atoms with Crippen molar-refractivity contribution in [3.63, 3.8) is 0 Å². The lowest BCUT2D eigenvalue weighted by Crippen LogP contribution is -2.02. The van der Waals surface area contributed by atoms with Crippen molar-refractivity contribution in [1.82, 2.24) is 0 Å². The summed E-state index contributed by atoms with van der Waals surface area (Å²) in [5, 5.41) is 3.64. The van der Waals surface area contributed by atoms with Crippen LogP contribution in [0.15, 0.2) is 63.8 Å². The van der Waals surface area contributed by atoms with Gasteiger partial charge in [0, 0.05) is 11.8 Å². The molecule has 20 heavy (non-hydrogen) atoms. The number of methoxy groups -OCH3 is 1. The number of hydrogen-bond donors (Lipinski definition) is 1. The van der Waals surface area contributed by atoms with Crippen LogP contribution in [-0.2, 0) is 0 Å². The zero-order valence-corrected chi connectivity index (χ0v) is 10.9. The first-order valence-corrected chi connectivity index (χ1v) is 6.20. The summed E-state index contributed by atoms with van der Waals surface area (Å²) < 4.78 is 10.8. The molecule has 0 radical (unpaired) electrons. The summed E-state index contributed by atoms with van der Waals surface area (Å²) in [7, 11) is 1.62. The predicted octanol–water partition coefficient (Wildman–Crippen LogP) is 3.55. The smallest absolute Gasteiger partial charge is 0.201 e. The average molecular weight is 267 g/mol. The van der Waals surface area contributed by atoms with Crippen molar-refractivity contribution in [3.05, 3.63) is 64.8 Å². The second-order valence-corrected chi connectivity index (χ2v) is 4.32. The standard InChI is InChI=1S/C16H13NO3/c1-19-12-8-6-11(7-9-12)17-16-10-14(18)13-4-2-3-5-15(13)20-16/h2-10,17H,1H3. The summed E-state index contributed by atoms with van der Waals surface area (Å²) in [6.45, 7) is 0. The molecule has 3 aromatic rings. The third kappa shape index (κ3) is 2.36. The monoisotopic (exact) mass is 267 g/mol. The van der Waals surface area contributed by atoms with E-state index in [-0.39, 0.29) is 5.43 Å². The van der Waals surface area contributed by atoms with Crippen molar-refractivity contribution < 1.29 is 9.15 Å². The van der Waals surface area contributed by atoms with Crippen LogP contribution >= 0.6 is 0 Å². The lowest BCUT2D eigenvalue weighted by Gasteiger charge is -2.07. The fraction of sp³-hybridized carbons (Fsp3) is 0.0625. The van der Waals surface area contributed by atoms with Gasteiger partial charge in [0.05, 0.1) is 12.5 Å². The van der Waals surface area contributed by atoms with E-state index in [9.17, 15) is 4.79 Å². The Hall–Kier alpha value is -2.75. The molecule has 0 unspecified atom stereocenters. The molecule has 0 bridgehead atoms. The molecule has 4 nitrogen and oxygen atoms in total. The molecule has 0 fully saturated rings. The number of anilines is 2. The van der Waals surface area contributed by atoms with E-state index in [2.05, 4.69) is 5.32 Å². The number of hydrogen-bond acceptors (Lipinski definition) is 4. The number of rotatable bonds is 3. The summed E-state index contributed by atoms with van der Waals surface area (Å²) in [5.74, 6) is 1.19. The lowest BCUT2D eigenvalue weighted by atomic mass is 10.2. The number of ether oxygens (including phenoxy) is 1. The van der Waals surface area contributed by atoms with E-state index in [0.717, 1.165) is 11.4 Å². The maximum absolute atomic E-state index is 12.0. The maximum Gasteiger partial charge on any atom is 0.201 e. The van der Waals surface area contributed by atoms with Gasteiger partial charge in [0.1, 0.15) is 11.3 Å². The van der Waals surface area contributed by atoms with Crippen LogP contribution < -0.4 is 15.5 Å². The summed E-state index contributed by atoms with van der Waals surface area (Å²) in [6, 6.07) is 16.0. The normalized spacial score (nSPS) is 10.4. The molecular weight excluding hydrogens is 254 g/mol. The molecule has 3 rings (SSSR count). The highest BCUT2D eigenvalue weighted by atomic mass is 16.5. The first-order chi connectivity index (χ1) is 9.76. The number of benzene rings is 2. The fourth-order valence-corrected chi connectivity index (χ4v) is 1.98. The molecule has 4 heteroatoms. The Labute approximate surface area is 115 Å². The molecule has 0 spiro atoms. The minimum atomic E-state index is -0.0668. The zero-order chi connectivity index (χ0) is 13.9. The molecule has 0 aliphatic rings. The van der Waals surface area contributed by atoms with E-state index in [1.165, 1.54) is 6.07 Å². The quantitative estimate of drug-likeness (QED) is 0.788. The highest BCUT2D eigenvalue weighted by Crippen LogP contribution is 2.21. The Morgan fingerprint density at radius 2 is 1.80 bits per heavy atom. The van der Waals surface area contributed by atoms with Crippen LogP contribution in [0.5, 0.6) is 5.75 Å². The highest BCUT2D eigenvalue weighted by molar-refractivity contribution is 5.77. The van der Waals surface area contributed by atoms with Crippen molar-refractivity contribution in [2.45, 2.75) is 0 Å². The van der Waals surface area contributed by atoms with Gasteiger partial charge in [-0.25, -0.2) is 0 Å². The van der Waals surface area contributed by atoms with Gasteiger partial charge < -0.3 is 14.5 Å². The molecule has 1 N–H and O–H groups in total. The van der Waals surface area contributed by atoms with Gasteiger partial charge in [-0.2, -0.15) is 0 Å². The van der Waals surface area contributed by atoms with Gasteiger partial charge in [0.2, 0.25) is 5.88 Å². The Morgan fingerprint density at radius 3 is 2.55 bits per heavy atom. The second-order valence-electron chi connectivity index (χ2n) is 4.32. The van der Waals surface area contributed by atoms with E-state index >= 15 is 0 Å². The summed E-state index contributed by atoms with van der Waals surface area (Å²) >= 11 is 0. The largest absolute Gasteiger partial charge is 0.497 e. The topological polar surface area (TPSA) is 51.5 Å². The average Bonchev–Trinajstić information content (AvgIpc) is 2.48. The maximum atomic E-state index is 12.0. The van der Waals surface area contributed by atoms with Crippen LogP contribution in [0.4, 0.5) is 11.6 Å². The molecule has 0 amide bonds. The number of nitrogens with one attached hydrogen (secondary N) is 1. The van der Waals surface area contributed by atoms with Crippen LogP contribution in [0, 0.1) is 0 Å². The SMILES string of the molecule is COc1ccc(Nc2cc(=O)c3ccccc3o2)cc1. The van der Waals surface area contributed by atoms with Crippen molar-refractivity contribution >= 4 is 22.5 Å². The molecule has 0 atom stereocenters. The van der Waals surface area contributed by atoms with Crippen LogP contribution in [0.3, 0.4) is 0 Å². The molecule has 1 aromatic heterocycles. The van der Waals surface area contributed by atoms with Crippen LogP contribution in [0.2, 0.25) is 0 Å². The molecule has 1 heterocycles. The number of para-hydroxylation sites is 1. The molecule has 0 saturated carbocycles. The van der Waals surface area contributed by atoms with E-state index in [1.54, 1.807) is 19.2 Å². The van der Waals surface area contributed by atoms with Crippen molar-refractivity contribution in [3.8, 4) is 5.75 Å². The highest BCUT2D eigenvalue weighted by Gasteiger charge is 2.04. The van der Waals surface area contributed by atoms with E-state index in [4.69, 9.17) is 9.15 Å². The van der Waals surface area contributed by atoms with E-state index in [1.807, 2.05) is 36.4 Å². The van der Waals surface area contributed by atoms with Crippen LogP contribution in [-0.4, -0.2) is 7.11 Å². The molecule has 0 aliphatic heterocycles. The fourth-order valence-electron chi connectivity index (χ4n) is 1.98. The van der Waals surface area contributed by atoms with Crippen molar-refractivity contribution in [2.75, 3.05) is 12.4 Å².